The predicted molar refractivity (Wildman–Crippen MR) is 59.7 cm³/mol. The van der Waals surface area contributed by atoms with E-state index in [1.807, 2.05) is 13.8 Å². The molecule has 0 fully saturated rings. The molecule has 1 heterocycles. The molecule has 2 N–H and O–H groups in total. The van der Waals surface area contributed by atoms with E-state index in [1.165, 1.54) is 23.9 Å². The molecule has 1 rings (SSSR count). The molecular formula is C10H13NO4S. The van der Waals surface area contributed by atoms with Gasteiger partial charge < -0.3 is 14.8 Å². The highest BCUT2D eigenvalue weighted by atomic mass is 32.2. The second-order valence-corrected chi connectivity index (χ2v) is 4.41. The largest absolute Gasteiger partial charge is 0.475 e. The fourth-order valence-corrected chi connectivity index (χ4v) is 1.68. The molecular weight excluding hydrogens is 230 g/mol. The second kappa shape index (κ2) is 5.60. The topological polar surface area (TPSA) is 79.5 Å². The first-order chi connectivity index (χ1) is 7.49. The zero-order valence-electron chi connectivity index (χ0n) is 9.02. The quantitative estimate of drug-likeness (QED) is 0.768. The van der Waals surface area contributed by atoms with Gasteiger partial charge in [0.05, 0.1) is 5.75 Å². The van der Waals surface area contributed by atoms with Gasteiger partial charge >= 0.3 is 5.97 Å². The predicted octanol–water partition coefficient (Wildman–Crippen LogP) is 1.59. The van der Waals surface area contributed by atoms with Crippen molar-refractivity contribution in [2.45, 2.75) is 25.0 Å². The maximum absolute atomic E-state index is 11.3. The number of furan rings is 1. The van der Waals surface area contributed by atoms with Crippen LogP contribution in [-0.2, 0) is 4.79 Å². The summed E-state index contributed by atoms with van der Waals surface area (Å²) < 4.78 is 4.98. The molecule has 1 aromatic heterocycles. The first-order valence-electron chi connectivity index (χ1n) is 4.74. The van der Waals surface area contributed by atoms with Crippen molar-refractivity contribution in [2.24, 2.45) is 0 Å². The van der Waals surface area contributed by atoms with E-state index < -0.39 is 5.97 Å². The van der Waals surface area contributed by atoms with Crippen molar-refractivity contribution in [3.63, 3.8) is 0 Å². The van der Waals surface area contributed by atoms with Gasteiger partial charge in [-0.05, 0) is 26.0 Å². The molecule has 1 aromatic rings. The summed E-state index contributed by atoms with van der Waals surface area (Å²) in [5.41, 5.74) is 0. The molecule has 0 atom stereocenters. The summed E-state index contributed by atoms with van der Waals surface area (Å²) in [5, 5.41) is 11.8. The summed E-state index contributed by atoms with van der Waals surface area (Å²) in [5.74, 6) is -1.12. The number of carbonyl (C=O) groups is 2. The Bertz CT molecular complexity index is 386. The number of hydrogen-bond donors (Lipinski definition) is 2. The third kappa shape index (κ3) is 3.98. The van der Waals surface area contributed by atoms with Crippen LogP contribution >= 0.6 is 11.8 Å². The smallest absolute Gasteiger partial charge is 0.371 e. The lowest BCUT2D eigenvalue weighted by Gasteiger charge is -2.06. The van der Waals surface area contributed by atoms with Crippen LogP contribution in [-0.4, -0.2) is 28.8 Å². The van der Waals surface area contributed by atoms with Crippen LogP contribution in [0.15, 0.2) is 21.6 Å². The highest BCUT2D eigenvalue weighted by Gasteiger charge is 2.11. The summed E-state index contributed by atoms with van der Waals surface area (Å²) in [6, 6.07) is 3.00. The SMILES string of the molecule is CC(C)NC(=O)CSc1ccc(C(=O)O)o1. The van der Waals surface area contributed by atoms with Gasteiger partial charge in [0.2, 0.25) is 11.7 Å². The van der Waals surface area contributed by atoms with E-state index in [4.69, 9.17) is 9.52 Å². The molecule has 0 radical (unpaired) electrons. The molecule has 0 bridgehead atoms. The Morgan fingerprint density at radius 3 is 2.69 bits per heavy atom. The third-order valence-corrected chi connectivity index (χ3v) is 2.50. The summed E-state index contributed by atoms with van der Waals surface area (Å²) in [6.45, 7) is 3.75. The van der Waals surface area contributed by atoms with Crippen LogP contribution in [0.4, 0.5) is 0 Å². The fraction of sp³-hybridized carbons (Fsp3) is 0.400. The van der Waals surface area contributed by atoms with E-state index in [9.17, 15) is 9.59 Å². The van der Waals surface area contributed by atoms with E-state index >= 15 is 0 Å². The number of nitrogens with one attached hydrogen (secondary N) is 1. The summed E-state index contributed by atoms with van der Waals surface area (Å²) in [6.07, 6.45) is 0. The zero-order chi connectivity index (χ0) is 12.1. The number of carboxylic acid groups (broad SMARTS) is 1. The minimum Gasteiger partial charge on any atom is -0.475 e. The molecule has 16 heavy (non-hydrogen) atoms. The molecule has 0 aliphatic rings. The zero-order valence-corrected chi connectivity index (χ0v) is 9.84. The van der Waals surface area contributed by atoms with Crippen LogP contribution in [0.3, 0.4) is 0 Å². The second-order valence-electron chi connectivity index (χ2n) is 3.43. The van der Waals surface area contributed by atoms with Crippen molar-refractivity contribution in [3.05, 3.63) is 17.9 Å². The van der Waals surface area contributed by atoms with Crippen LogP contribution in [0.2, 0.25) is 0 Å². The molecule has 0 unspecified atom stereocenters. The summed E-state index contributed by atoms with van der Waals surface area (Å²) in [7, 11) is 0. The van der Waals surface area contributed by atoms with Crippen LogP contribution in [0, 0.1) is 0 Å². The maximum Gasteiger partial charge on any atom is 0.371 e. The third-order valence-electron chi connectivity index (χ3n) is 1.59. The highest BCUT2D eigenvalue weighted by molar-refractivity contribution is 7.99. The van der Waals surface area contributed by atoms with Gasteiger partial charge in [-0.3, -0.25) is 4.79 Å². The van der Waals surface area contributed by atoms with Crippen molar-refractivity contribution >= 4 is 23.6 Å². The molecule has 0 aliphatic heterocycles. The number of carbonyl (C=O) groups excluding carboxylic acids is 1. The molecule has 0 saturated carbocycles. The minimum absolute atomic E-state index is 0.0966. The Morgan fingerprint density at radius 2 is 2.19 bits per heavy atom. The van der Waals surface area contributed by atoms with Crippen LogP contribution in [0.25, 0.3) is 0 Å². The van der Waals surface area contributed by atoms with E-state index in [0.717, 1.165) is 0 Å². The lowest BCUT2D eigenvalue weighted by Crippen LogP contribution is -2.31. The number of carboxylic acids is 1. The Kier molecular flexibility index (Phi) is 4.42. The van der Waals surface area contributed by atoms with Gasteiger partial charge in [-0.2, -0.15) is 0 Å². The van der Waals surface area contributed by atoms with Crippen LogP contribution in [0.1, 0.15) is 24.4 Å². The van der Waals surface area contributed by atoms with Crippen molar-refractivity contribution in [2.75, 3.05) is 5.75 Å². The molecule has 0 saturated heterocycles. The van der Waals surface area contributed by atoms with Gasteiger partial charge in [-0.15, -0.1) is 0 Å². The van der Waals surface area contributed by atoms with E-state index in [2.05, 4.69) is 5.32 Å². The molecule has 1 amide bonds. The van der Waals surface area contributed by atoms with Gasteiger partial charge in [0.1, 0.15) is 0 Å². The normalized spacial score (nSPS) is 10.4. The molecule has 0 spiro atoms. The van der Waals surface area contributed by atoms with Gasteiger partial charge in [0, 0.05) is 6.04 Å². The lowest BCUT2D eigenvalue weighted by atomic mass is 10.4. The lowest BCUT2D eigenvalue weighted by molar-refractivity contribution is -0.119. The van der Waals surface area contributed by atoms with E-state index in [0.29, 0.717) is 5.09 Å². The molecule has 0 aliphatic carbocycles. The van der Waals surface area contributed by atoms with Crippen molar-refractivity contribution in [1.29, 1.82) is 0 Å². The average Bonchev–Trinajstić information content (AvgIpc) is 2.61. The number of aromatic carboxylic acids is 1. The van der Waals surface area contributed by atoms with Gasteiger partial charge in [-0.1, -0.05) is 11.8 Å². The Balaban J connectivity index is 2.42. The summed E-state index contributed by atoms with van der Waals surface area (Å²) >= 11 is 1.17. The Hall–Kier alpha value is -1.43. The first-order valence-corrected chi connectivity index (χ1v) is 5.73. The van der Waals surface area contributed by atoms with Crippen molar-refractivity contribution in [3.8, 4) is 0 Å². The van der Waals surface area contributed by atoms with E-state index in [-0.39, 0.29) is 23.5 Å². The van der Waals surface area contributed by atoms with Gasteiger partial charge in [0.25, 0.3) is 0 Å². The molecule has 5 nitrogen and oxygen atoms in total. The summed E-state index contributed by atoms with van der Waals surface area (Å²) in [4.78, 5) is 21.8. The monoisotopic (exact) mass is 243 g/mol. The fourth-order valence-electron chi connectivity index (χ4n) is 1.01. The van der Waals surface area contributed by atoms with E-state index in [1.54, 1.807) is 0 Å². The maximum atomic E-state index is 11.3. The number of thioether (sulfide) groups is 1. The molecule has 0 aromatic carbocycles. The minimum atomic E-state index is -1.11. The van der Waals surface area contributed by atoms with Crippen LogP contribution < -0.4 is 5.32 Å². The Morgan fingerprint density at radius 1 is 1.50 bits per heavy atom. The number of amides is 1. The molecule has 6 heteroatoms. The van der Waals surface area contributed by atoms with Crippen molar-refractivity contribution < 1.29 is 19.1 Å². The Labute approximate surface area is 97.2 Å². The average molecular weight is 243 g/mol. The van der Waals surface area contributed by atoms with Gasteiger partial charge in [-0.25, -0.2) is 4.79 Å². The standard InChI is InChI=1S/C10H13NO4S/c1-6(2)11-8(12)5-16-9-4-3-7(15-9)10(13)14/h3-4,6H,5H2,1-2H3,(H,11,12)(H,13,14). The number of rotatable bonds is 5. The first kappa shape index (κ1) is 12.6. The highest BCUT2D eigenvalue weighted by Crippen LogP contribution is 2.20. The van der Waals surface area contributed by atoms with Crippen LogP contribution in [0.5, 0.6) is 0 Å². The van der Waals surface area contributed by atoms with Gasteiger partial charge in [0.15, 0.2) is 5.09 Å². The number of hydrogen-bond acceptors (Lipinski definition) is 4. The van der Waals surface area contributed by atoms with Crippen molar-refractivity contribution in [1.82, 2.24) is 5.32 Å². The molecule has 88 valence electrons.